The van der Waals surface area contributed by atoms with E-state index in [2.05, 4.69) is 85.1 Å². The van der Waals surface area contributed by atoms with E-state index in [1.807, 2.05) is 35.2 Å². The Hall–Kier alpha value is -2.20. The quantitative estimate of drug-likeness (QED) is 0.280. The Morgan fingerprint density at radius 2 is 1.78 bits per heavy atom. The summed E-state index contributed by atoms with van der Waals surface area (Å²) in [5.74, 6) is 0.780. The van der Waals surface area contributed by atoms with Crippen LogP contribution < -0.4 is 14.8 Å². The van der Waals surface area contributed by atoms with Crippen molar-refractivity contribution in [2.75, 3.05) is 18.6 Å². The van der Waals surface area contributed by atoms with Crippen molar-refractivity contribution >= 4 is 47.4 Å². The molecule has 1 N–H and O–H groups in total. The summed E-state index contributed by atoms with van der Waals surface area (Å²) >= 11 is 2.32. The van der Waals surface area contributed by atoms with Crippen LogP contribution in [0.3, 0.4) is 0 Å². The molecule has 4 atom stereocenters. The third kappa shape index (κ3) is 4.33. The number of nitrogens with zero attached hydrogens (tertiary/aromatic N) is 1. The maximum absolute atomic E-state index is 14.5. The molecule has 0 aliphatic carbocycles. The standard InChI is InChI=1S/C30H34INO4Si/c1-20-28(37(3,4)24-13-11-23(35-2)12-14-24)27(16-17-33)36-30(20)25-18-22(31)10-15-26(25)32(29(30)34)19-21-8-6-5-7-9-21/h5-15,18,20,27-28,33H,16-17,19H2,1-4H3/t20-,27+,28-,30+/m0/s1. The van der Waals surface area contributed by atoms with Crippen LogP contribution in [0.15, 0.2) is 72.8 Å². The molecule has 0 aromatic heterocycles. The molecule has 1 saturated heterocycles. The van der Waals surface area contributed by atoms with E-state index >= 15 is 0 Å². The van der Waals surface area contributed by atoms with E-state index in [-0.39, 0.29) is 30.1 Å². The molecule has 1 fully saturated rings. The molecule has 194 valence electrons. The van der Waals surface area contributed by atoms with Gasteiger partial charge in [-0.25, -0.2) is 0 Å². The van der Waals surface area contributed by atoms with Gasteiger partial charge in [-0.3, -0.25) is 4.79 Å². The van der Waals surface area contributed by atoms with Crippen molar-refractivity contribution in [3.8, 4) is 5.75 Å². The Bertz CT molecular complexity index is 1280. The molecule has 3 aromatic rings. The van der Waals surface area contributed by atoms with Gasteiger partial charge in [0.05, 0.1) is 33.5 Å². The van der Waals surface area contributed by atoms with E-state index in [1.54, 1.807) is 7.11 Å². The molecule has 1 spiro atoms. The van der Waals surface area contributed by atoms with Gasteiger partial charge >= 0.3 is 0 Å². The minimum atomic E-state index is -2.16. The van der Waals surface area contributed by atoms with Crippen LogP contribution in [0.1, 0.15) is 24.5 Å². The number of fused-ring (bicyclic) bond motifs is 2. The minimum Gasteiger partial charge on any atom is -0.497 e. The Morgan fingerprint density at radius 1 is 1.08 bits per heavy atom. The summed E-state index contributed by atoms with van der Waals surface area (Å²) in [6.45, 7) is 7.44. The number of aliphatic hydroxyl groups excluding tert-OH is 1. The predicted molar refractivity (Wildman–Crippen MR) is 158 cm³/mol. The van der Waals surface area contributed by atoms with Crippen LogP contribution in [0, 0.1) is 9.49 Å². The van der Waals surface area contributed by atoms with Gasteiger partial charge in [-0.2, -0.15) is 0 Å². The fourth-order valence-corrected chi connectivity index (χ4v) is 11.2. The molecule has 7 heteroatoms. The number of aliphatic hydroxyl groups is 1. The second-order valence-corrected chi connectivity index (χ2v) is 16.6. The maximum atomic E-state index is 14.5. The van der Waals surface area contributed by atoms with Gasteiger partial charge in [-0.1, -0.05) is 67.7 Å². The smallest absolute Gasteiger partial charge is 0.264 e. The topological polar surface area (TPSA) is 59.0 Å². The predicted octanol–water partition coefficient (Wildman–Crippen LogP) is 5.45. The zero-order valence-corrected chi connectivity index (χ0v) is 24.9. The van der Waals surface area contributed by atoms with Gasteiger partial charge in [0.15, 0.2) is 5.60 Å². The lowest BCUT2D eigenvalue weighted by Gasteiger charge is -2.37. The third-order valence-corrected chi connectivity index (χ3v) is 13.4. The number of ether oxygens (including phenoxy) is 2. The SMILES string of the molecule is COc1ccc([Si](C)(C)[C@@H]2[C@@H](CCO)O[C@]3(C(=O)N(Cc4ccccc4)c4ccc(I)cc43)[C@H]2C)cc1. The molecule has 0 unspecified atom stereocenters. The Balaban J connectivity index is 1.61. The van der Waals surface area contributed by atoms with E-state index < -0.39 is 13.7 Å². The van der Waals surface area contributed by atoms with Gasteiger partial charge in [-0.15, -0.1) is 0 Å². The molecular formula is C30H34INO4Si. The van der Waals surface area contributed by atoms with Gasteiger partial charge in [0.25, 0.3) is 5.91 Å². The first-order valence-electron chi connectivity index (χ1n) is 12.8. The lowest BCUT2D eigenvalue weighted by Crippen LogP contribution is -2.51. The van der Waals surface area contributed by atoms with Crippen LogP contribution in [0.4, 0.5) is 5.69 Å². The number of rotatable bonds is 7. The van der Waals surface area contributed by atoms with Gasteiger partial charge < -0.3 is 19.5 Å². The molecule has 1 amide bonds. The van der Waals surface area contributed by atoms with E-state index in [9.17, 15) is 9.90 Å². The molecular weight excluding hydrogens is 593 g/mol. The second-order valence-electron chi connectivity index (χ2n) is 10.7. The van der Waals surface area contributed by atoms with Crippen molar-refractivity contribution in [2.45, 2.75) is 50.2 Å². The summed E-state index contributed by atoms with van der Waals surface area (Å²) in [6, 6.07) is 24.7. The van der Waals surface area contributed by atoms with E-state index in [0.29, 0.717) is 13.0 Å². The third-order valence-electron chi connectivity index (χ3n) is 8.39. The molecule has 0 saturated carbocycles. The summed E-state index contributed by atoms with van der Waals surface area (Å²) in [6.07, 6.45) is 0.296. The summed E-state index contributed by atoms with van der Waals surface area (Å²) in [5, 5.41) is 11.3. The summed E-state index contributed by atoms with van der Waals surface area (Å²) in [7, 11) is -0.486. The highest BCUT2D eigenvalue weighted by Crippen LogP contribution is 2.60. The van der Waals surface area contributed by atoms with Crippen LogP contribution in [-0.4, -0.2) is 38.9 Å². The number of methoxy groups -OCH3 is 1. The zero-order chi connectivity index (χ0) is 26.4. The Labute approximate surface area is 233 Å². The van der Waals surface area contributed by atoms with Gasteiger partial charge in [0, 0.05) is 21.7 Å². The highest BCUT2D eigenvalue weighted by molar-refractivity contribution is 14.1. The largest absolute Gasteiger partial charge is 0.497 e. The monoisotopic (exact) mass is 627 g/mol. The molecule has 2 aliphatic heterocycles. The number of anilines is 1. The van der Waals surface area contributed by atoms with Crippen molar-refractivity contribution < 1.29 is 19.4 Å². The summed E-state index contributed by atoms with van der Waals surface area (Å²) in [5.41, 5.74) is 2.04. The van der Waals surface area contributed by atoms with Gasteiger partial charge in [0.1, 0.15) is 5.75 Å². The molecule has 0 radical (unpaired) electrons. The van der Waals surface area contributed by atoms with Crippen molar-refractivity contribution in [2.24, 2.45) is 5.92 Å². The molecule has 5 nitrogen and oxygen atoms in total. The number of hydrogen-bond donors (Lipinski definition) is 1. The number of benzene rings is 3. The Kier molecular flexibility index (Phi) is 7.26. The highest BCUT2D eigenvalue weighted by Gasteiger charge is 2.66. The first kappa shape index (κ1) is 26.4. The van der Waals surface area contributed by atoms with Crippen LogP contribution in [-0.2, 0) is 21.7 Å². The molecule has 2 aliphatic rings. The van der Waals surface area contributed by atoms with Crippen LogP contribution in [0.2, 0.25) is 18.6 Å². The van der Waals surface area contributed by atoms with Crippen molar-refractivity contribution in [3.63, 3.8) is 0 Å². The number of amides is 1. The number of carbonyl (C=O) groups excluding carboxylic acids is 1. The number of hydrogen-bond acceptors (Lipinski definition) is 4. The first-order valence-corrected chi connectivity index (χ1v) is 17.0. The second kappa shape index (κ2) is 10.2. The molecule has 0 bridgehead atoms. The van der Waals surface area contributed by atoms with Gasteiger partial charge in [0.2, 0.25) is 0 Å². The Morgan fingerprint density at radius 3 is 2.43 bits per heavy atom. The maximum Gasteiger partial charge on any atom is 0.264 e. The van der Waals surface area contributed by atoms with Crippen molar-refractivity contribution in [1.82, 2.24) is 0 Å². The normalized spacial score (nSPS) is 25.1. The molecule has 37 heavy (non-hydrogen) atoms. The molecule has 2 heterocycles. The lowest BCUT2D eigenvalue weighted by atomic mass is 9.82. The van der Waals surface area contributed by atoms with Crippen LogP contribution in [0.25, 0.3) is 0 Å². The van der Waals surface area contributed by atoms with E-state index in [0.717, 1.165) is 26.1 Å². The average molecular weight is 628 g/mol. The number of carbonyl (C=O) groups is 1. The fraction of sp³-hybridized carbons (Fsp3) is 0.367. The van der Waals surface area contributed by atoms with Crippen LogP contribution in [0.5, 0.6) is 5.75 Å². The zero-order valence-electron chi connectivity index (χ0n) is 21.8. The number of halogens is 1. The van der Waals surface area contributed by atoms with Crippen molar-refractivity contribution in [3.05, 3.63) is 87.5 Å². The van der Waals surface area contributed by atoms with E-state index in [4.69, 9.17) is 9.47 Å². The summed E-state index contributed by atoms with van der Waals surface area (Å²) in [4.78, 5) is 16.4. The summed E-state index contributed by atoms with van der Waals surface area (Å²) < 4.78 is 13.4. The molecule has 5 rings (SSSR count). The first-order chi connectivity index (χ1) is 17.7. The fourth-order valence-electron chi connectivity index (χ4n) is 6.61. The van der Waals surface area contributed by atoms with Gasteiger partial charge in [-0.05, 0) is 70.4 Å². The molecule has 3 aromatic carbocycles. The minimum absolute atomic E-state index is 0.00539. The lowest BCUT2D eigenvalue weighted by molar-refractivity contribution is -0.146. The van der Waals surface area contributed by atoms with E-state index in [1.165, 1.54) is 5.19 Å². The van der Waals surface area contributed by atoms with Crippen molar-refractivity contribution in [1.29, 1.82) is 0 Å². The highest BCUT2D eigenvalue weighted by atomic mass is 127. The van der Waals surface area contributed by atoms with Crippen LogP contribution >= 0.6 is 22.6 Å². The average Bonchev–Trinajstić information content (AvgIpc) is 3.32.